The lowest BCUT2D eigenvalue weighted by molar-refractivity contribution is 0.0966. The number of hydrogen-bond acceptors (Lipinski definition) is 6. The number of ketones is 1. The summed E-state index contributed by atoms with van der Waals surface area (Å²) in [6.45, 7) is 1.87. The number of nitrogens with two attached hydrogens (primary N) is 1. The van der Waals surface area contributed by atoms with Crippen LogP contribution in [-0.2, 0) is 19.6 Å². The molecule has 4 aromatic rings. The van der Waals surface area contributed by atoms with Gasteiger partial charge < -0.3 is 21.5 Å². The summed E-state index contributed by atoms with van der Waals surface area (Å²) in [6, 6.07) is 20.2. The van der Waals surface area contributed by atoms with E-state index in [1.54, 1.807) is 17.0 Å². The van der Waals surface area contributed by atoms with E-state index in [4.69, 9.17) is 10.8 Å². The summed E-state index contributed by atoms with van der Waals surface area (Å²) in [6.07, 6.45) is 1.77. The van der Waals surface area contributed by atoms with Crippen LogP contribution in [0.2, 0.25) is 0 Å². The maximum Gasteiger partial charge on any atom is 0.183 e. The second-order valence-electron chi connectivity index (χ2n) is 9.14. The van der Waals surface area contributed by atoms with Crippen molar-refractivity contribution >= 4 is 5.78 Å². The van der Waals surface area contributed by atoms with Gasteiger partial charge in [0.25, 0.3) is 0 Å². The van der Waals surface area contributed by atoms with E-state index in [-0.39, 0.29) is 24.6 Å². The monoisotopic (exact) mass is 499 g/mol. The molecule has 0 aliphatic carbocycles. The molecule has 5 N–H and O–H groups in total. The number of halogens is 1. The molecule has 1 aliphatic rings. The van der Waals surface area contributed by atoms with Gasteiger partial charge in [-0.05, 0) is 40.5 Å². The first-order valence-corrected chi connectivity index (χ1v) is 12.4. The molecule has 7 nitrogen and oxygen atoms in total. The lowest BCUT2D eigenvalue weighted by Crippen LogP contribution is -2.21. The van der Waals surface area contributed by atoms with Crippen molar-refractivity contribution < 1.29 is 14.3 Å². The highest BCUT2D eigenvalue weighted by molar-refractivity contribution is 5.97. The average Bonchev–Trinajstić information content (AvgIpc) is 3.28. The van der Waals surface area contributed by atoms with Crippen LogP contribution < -0.4 is 16.4 Å². The number of carbonyl (C=O) groups is 1. The first-order chi connectivity index (χ1) is 18.1. The van der Waals surface area contributed by atoms with E-state index in [0.29, 0.717) is 43.1 Å². The van der Waals surface area contributed by atoms with Crippen molar-refractivity contribution in [1.82, 2.24) is 20.2 Å². The molecule has 1 aromatic heterocycles. The molecule has 190 valence electrons. The van der Waals surface area contributed by atoms with E-state index in [1.165, 1.54) is 6.07 Å². The molecule has 3 aromatic carbocycles. The topological polar surface area (TPSA) is 105 Å². The van der Waals surface area contributed by atoms with Crippen molar-refractivity contribution in [2.75, 3.05) is 13.2 Å². The van der Waals surface area contributed by atoms with Crippen molar-refractivity contribution in [2.45, 2.75) is 32.1 Å². The van der Waals surface area contributed by atoms with E-state index in [2.05, 4.69) is 15.6 Å². The van der Waals surface area contributed by atoms with Gasteiger partial charge in [0, 0.05) is 49.9 Å². The molecule has 8 heteroatoms. The van der Waals surface area contributed by atoms with Crippen LogP contribution in [0.25, 0.3) is 16.8 Å². The fraction of sp³-hybridized carbons (Fsp3) is 0.241. The summed E-state index contributed by atoms with van der Waals surface area (Å²) in [7, 11) is 0. The molecule has 1 unspecified atom stereocenters. The van der Waals surface area contributed by atoms with Crippen molar-refractivity contribution in [3.8, 4) is 16.8 Å². The summed E-state index contributed by atoms with van der Waals surface area (Å²) in [4.78, 5) is 17.9. The third-order valence-electron chi connectivity index (χ3n) is 6.75. The Balaban J connectivity index is 1.39. The minimum atomic E-state index is -0.471. The maximum absolute atomic E-state index is 15.5. The van der Waals surface area contributed by atoms with Gasteiger partial charge >= 0.3 is 0 Å². The van der Waals surface area contributed by atoms with Gasteiger partial charge in [0.05, 0.1) is 12.3 Å². The molecule has 5 rings (SSSR count). The number of aliphatic hydroxyl groups is 1. The van der Waals surface area contributed by atoms with Crippen LogP contribution in [0.15, 0.2) is 73.1 Å². The van der Waals surface area contributed by atoms with Gasteiger partial charge in [-0.15, -0.1) is 0 Å². The highest BCUT2D eigenvalue weighted by Crippen LogP contribution is 2.31. The van der Waals surface area contributed by atoms with Gasteiger partial charge in [-0.25, -0.2) is 9.37 Å². The fourth-order valence-corrected chi connectivity index (χ4v) is 4.87. The molecule has 0 fully saturated rings. The molecule has 2 heterocycles. The lowest BCUT2D eigenvalue weighted by atomic mass is 9.95. The summed E-state index contributed by atoms with van der Waals surface area (Å²) in [5.74, 6) is -0.455. The Labute approximate surface area is 215 Å². The predicted molar refractivity (Wildman–Crippen MR) is 141 cm³/mol. The largest absolute Gasteiger partial charge is 0.395 e. The van der Waals surface area contributed by atoms with Gasteiger partial charge in [0.1, 0.15) is 17.8 Å². The Bertz CT molecular complexity index is 1420. The normalized spacial score (nSPS) is 15.4. The van der Waals surface area contributed by atoms with Gasteiger partial charge in [0.15, 0.2) is 5.78 Å². The second-order valence-corrected chi connectivity index (χ2v) is 9.14. The molecule has 0 amide bonds. The van der Waals surface area contributed by atoms with Crippen LogP contribution in [0.4, 0.5) is 4.39 Å². The predicted octanol–water partition coefficient (Wildman–Crippen LogP) is 3.64. The molecular weight excluding hydrogens is 469 g/mol. The summed E-state index contributed by atoms with van der Waals surface area (Å²) in [5.41, 5.74) is 11.9. The highest BCUT2D eigenvalue weighted by Gasteiger charge is 2.29. The van der Waals surface area contributed by atoms with Gasteiger partial charge in [-0.1, -0.05) is 48.5 Å². The van der Waals surface area contributed by atoms with Crippen molar-refractivity contribution in [1.29, 1.82) is 0 Å². The number of imidazole rings is 1. The number of rotatable bonds is 8. The van der Waals surface area contributed by atoms with E-state index < -0.39 is 6.04 Å². The maximum atomic E-state index is 15.5. The smallest absolute Gasteiger partial charge is 0.183 e. The fourth-order valence-electron chi connectivity index (χ4n) is 4.87. The second kappa shape index (κ2) is 11.1. The van der Waals surface area contributed by atoms with Crippen LogP contribution in [0.5, 0.6) is 0 Å². The molecule has 1 atom stereocenters. The Kier molecular flexibility index (Phi) is 7.52. The molecule has 37 heavy (non-hydrogen) atoms. The summed E-state index contributed by atoms with van der Waals surface area (Å²) < 4.78 is 17.3. The number of carbonyl (C=O) groups excluding carboxylic acids is 1. The van der Waals surface area contributed by atoms with E-state index in [9.17, 15) is 4.79 Å². The molecule has 1 aliphatic heterocycles. The van der Waals surface area contributed by atoms with Crippen LogP contribution in [0.3, 0.4) is 0 Å². The quantitative estimate of drug-likeness (QED) is 0.276. The molecule has 0 bridgehead atoms. The third-order valence-corrected chi connectivity index (χ3v) is 6.75. The first kappa shape index (κ1) is 25.0. The number of fused-ring (bicyclic) bond motifs is 1. The number of nitrogens with zero attached hydrogens (tertiary/aromatic N) is 2. The average molecular weight is 500 g/mol. The van der Waals surface area contributed by atoms with Crippen molar-refractivity contribution in [2.24, 2.45) is 5.73 Å². The van der Waals surface area contributed by atoms with Crippen molar-refractivity contribution in [3.63, 3.8) is 0 Å². The SMILES string of the molecule is NCc1cccc(-n2cnc3c2C(=O)CC(c2ccc(-c4ccccc4CNCCO)cc2F)NC3)c1. The van der Waals surface area contributed by atoms with E-state index in [0.717, 1.165) is 27.9 Å². The number of aliphatic hydroxyl groups excluding tert-OH is 1. The summed E-state index contributed by atoms with van der Waals surface area (Å²) in [5, 5.41) is 15.5. The number of aromatic nitrogens is 2. The Morgan fingerprint density at radius 2 is 2.00 bits per heavy atom. The zero-order chi connectivity index (χ0) is 25.8. The lowest BCUT2D eigenvalue weighted by Gasteiger charge is -2.18. The zero-order valence-corrected chi connectivity index (χ0v) is 20.5. The first-order valence-electron chi connectivity index (χ1n) is 12.4. The molecule has 0 radical (unpaired) electrons. The van der Waals surface area contributed by atoms with Crippen LogP contribution in [-0.4, -0.2) is 33.6 Å². The molecule has 0 saturated heterocycles. The van der Waals surface area contributed by atoms with Crippen LogP contribution in [0.1, 0.15) is 45.3 Å². The third kappa shape index (κ3) is 5.23. The van der Waals surface area contributed by atoms with Gasteiger partial charge in [0.2, 0.25) is 0 Å². The molecule has 0 spiro atoms. The van der Waals surface area contributed by atoms with E-state index in [1.807, 2.05) is 54.6 Å². The van der Waals surface area contributed by atoms with Gasteiger partial charge in [-0.2, -0.15) is 0 Å². The van der Waals surface area contributed by atoms with E-state index >= 15 is 4.39 Å². The van der Waals surface area contributed by atoms with Gasteiger partial charge in [-0.3, -0.25) is 9.36 Å². The Hall–Kier alpha value is -3.69. The Morgan fingerprint density at radius 1 is 1.14 bits per heavy atom. The molecule has 0 saturated carbocycles. The number of benzene rings is 3. The molecular formula is C29H30FN5O2. The standard InChI is InChI=1S/C29H30FN5O2/c30-25-13-20(23-7-2-1-5-21(23)16-32-10-11-36)8-9-24(25)26-14-28(37)29-27(17-33-26)34-18-35(29)22-6-3-4-19(12-22)15-31/h1-9,12-13,18,26,32-33,36H,10-11,14-17,31H2. The summed E-state index contributed by atoms with van der Waals surface area (Å²) >= 11 is 0. The number of Topliss-reactive ketones (excluding diaryl/α,β-unsaturated/α-hetero) is 1. The number of hydrogen-bond donors (Lipinski definition) is 4. The minimum absolute atomic E-state index is 0.0556. The van der Waals surface area contributed by atoms with Crippen LogP contribution >= 0.6 is 0 Å². The van der Waals surface area contributed by atoms with Crippen molar-refractivity contribution in [3.05, 3.63) is 107 Å². The Morgan fingerprint density at radius 3 is 2.81 bits per heavy atom. The highest BCUT2D eigenvalue weighted by atomic mass is 19.1. The minimum Gasteiger partial charge on any atom is -0.395 e. The zero-order valence-electron chi connectivity index (χ0n) is 20.5. The number of nitrogens with one attached hydrogen (secondary N) is 2. The van der Waals surface area contributed by atoms with Crippen LogP contribution in [0, 0.1) is 5.82 Å².